The quantitative estimate of drug-likeness (QED) is 0.482. The maximum Gasteiger partial charge on any atom is 0.175 e. The van der Waals surface area contributed by atoms with Crippen molar-refractivity contribution < 1.29 is 19.0 Å². The molecule has 4 fully saturated rings. The van der Waals surface area contributed by atoms with Crippen LogP contribution in [0, 0.1) is 17.7 Å². The molecule has 4 saturated carbocycles. The summed E-state index contributed by atoms with van der Waals surface area (Å²) < 4.78 is 26.6. The number of aliphatic hydroxyl groups is 1. The predicted molar refractivity (Wildman–Crippen MR) is 125 cm³/mol. The van der Waals surface area contributed by atoms with Crippen LogP contribution >= 0.6 is 15.9 Å². The molecule has 4 nitrogen and oxygen atoms in total. The third kappa shape index (κ3) is 4.42. The van der Waals surface area contributed by atoms with Gasteiger partial charge in [0.1, 0.15) is 12.4 Å². The fourth-order valence-corrected chi connectivity index (χ4v) is 7.21. The average molecular weight is 504 g/mol. The zero-order valence-corrected chi connectivity index (χ0v) is 20.1. The second-order valence-electron chi connectivity index (χ2n) is 10.0. The second kappa shape index (κ2) is 8.62. The van der Waals surface area contributed by atoms with Crippen LogP contribution in [-0.2, 0) is 13.2 Å². The van der Waals surface area contributed by atoms with Gasteiger partial charge in [0, 0.05) is 17.6 Å². The van der Waals surface area contributed by atoms with Crippen molar-refractivity contribution >= 4 is 15.9 Å². The Morgan fingerprint density at radius 2 is 1.88 bits per heavy atom. The van der Waals surface area contributed by atoms with Crippen LogP contribution in [0.15, 0.2) is 40.9 Å². The zero-order valence-electron chi connectivity index (χ0n) is 18.5. The van der Waals surface area contributed by atoms with E-state index in [0.29, 0.717) is 42.0 Å². The van der Waals surface area contributed by atoms with Crippen molar-refractivity contribution in [3.63, 3.8) is 0 Å². The molecule has 4 aliphatic rings. The molecule has 6 rings (SSSR count). The van der Waals surface area contributed by atoms with E-state index in [1.165, 1.54) is 12.5 Å². The lowest BCUT2D eigenvalue weighted by atomic mass is 9.51. The maximum atomic E-state index is 14.0. The van der Waals surface area contributed by atoms with Crippen molar-refractivity contribution in [1.29, 1.82) is 0 Å². The SMILES string of the molecule is CCOc1cc(CNC23CC4CC(CC(O)(C4)C2)C3)cc(Br)c1OCc1ccccc1F. The van der Waals surface area contributed by atoms with Gasteiger partial charge < -0.3 is 19.9 Å². The molecule has 2 aromatic rings. The Bertz CT molecular complexity index is 983. The van der Waals surface area contributed by atoms with Gasteiger partial charge >= 0.3 is 0 Å². The fourth-order valence-electron chi connectivity index (χ4n) is 6.60. The summed E-state index contributed by atoms with van der Waals surface area (Å²) in [5, 5.41) is 14.8. The van der Waals surface area contributed by atoms with Gasteiger partial charge in [-0.15, -0.1) is 0 Å². The summed E-state index contributed by atoms with van der Waals surface area (Å²) in [4.78, 5) is 0. The van der Waals surface area contributed by atoms with Crippen LogP contribution in [0.2, 0.25) is 0 Å². The largest absolute Gasteiger partial charge is 0.490 e. The summed E-state index contributed by atoms with van der Waals surface area (Å²) >= 11 is 3.64. The Kier molecular flexibility index (Phi) is 5.97. The summed E-state index contributed by atoms with van der Waals surface area (Å²) in [7, 11) is 0. The standard InChI is InChI=1S/C26H31BrFNO3/c1-2-31-23-9-17(8-21(27)24(23)32-15-20-5-3-4-6-22(20)28)14-29-25-10-18-7-19(11-25)13-26(30,12-18)16-25/h3-6,8-9,18-19,29-30H,2,7,10-16H2,1H3. The third-order valence-corrected chi connectivity index (χ3v) is 7.99. The van der Waals surface area contributed by atoms with Crippen molar-refractivity contribution in [2.24, 2.45) is 11.8 Å². The first-order valence-electron chi connectivity index (χ1n) is 11.7. The first-order valence-corrected chi connectivity index (χ1v) is 12.5. The van der Waals surface area contributed by atoms with Crippen molar-refractivity contribution in [3.05, 3.63) is 57.8 Å². The van der Waals surface area contributed by atoms with Crippen molar-refractivity contribution in [3.8, 4) is 11.5 Å². The third-order valence-electron chi connectivity index (χ3n) is 7.40. The Hall–Kier alpha value is -1.63. The number of ether oxygens (including phenoxy) is 2. The highest BCUT2D eigenvalue weighted by molar-refractivity contribution is 9.10. The lowest BCUT2D eigenvalue weighted by Gasteiger charge is -2.60. The van der Waals surface area contributed by atoms with E-state index >= 15 is 0 Å². The number of halogens is 2. The first-order chi connectivity index (χ1) is 15.4. The zero-order chi connectivity index (χ0) is 22.3. The Balaban J connectivity index is 1.31. The van der Waals surface area contributed by atoms with Gasteiger partial charge in [-0.25, -0.2) is 4.39 Å². The number of hydrogen-bond acceptors (Lipinski definition) is 4. The van der Waals surface area contributed by atoms with E-state index in [4.69, 9.17) is 9.47 Å². The molecular formula is C26H31BrFNO3. The monoisotopic (exact) mass is 503 g/mol. The van der Waals surface area contributed by atoms with E-state index in [1.54, 1.807) is 18.2 Å². The van der Waals surface area contributed by atoms with Gasteiger partial charge in [-0.2, -0.15) is 0 Å². The summed E-state index contributed by atoms with van der Waals surface area (Å²) in [6.07, 6.45) is 6.41. The number of rotatable bonds is 8. The first kappa shape index (κ1) is 22.2. The number of benzene rings is 2. The van der Waals surface area contributed by atoms with Crippen LogP contribution in [0.4, 0.5) is 4.39 Å². The van der Waals surface area contributed by atoms with Crippen LogP contribution in [0.3, 0.4) is 0 Å². The van der Waals surface area contributed by atoms with Gasteiger partial charge in [-0.3, -0.25) is 0 Å². The fraction of sp³-hybridized carbons (Fsp3) is 0.538. The van der Waals surface area contributed by atoms with Gasteiger partial charge in [0.25, 0.3) is 0 Å². The second-order valence-corrected chi connectivity index (χ2v) is 10.9. The summed E-state index contributed by atoms with van der Waals surface area (Å²) in [6, 6.07) is 10.7. The highest BCUT2D eigenvalue weighted by Gasteiger charge is 2.56. The van der Waals surface area contributed by atoms with Gasteiger partial charge in [0.15, 0.2) is 11.5 Å². The Morgan fingerprint density at radius 1 is 1.12 bits per heavy atom. The minimum absolute atomic E-state index is 0.0388. The molecule has 172 valence electrons. The Labute approximate surface area is 197 Å². The number of nitrogens with one attached hydrogen (secondary N) is 1. The lowest BCUT2D eigenvalue weighted by Crippen LogP contribution is -2.64. The highest BCUT2D eigenvalue weighted by Crippen LogP contribution is 2.57. The molecule has 32 heavy (non-hydrogen) atoms. The van der Waals surface area contributed by atoms with Crippen molar-refractivity contribution in [2.75, 3.05) is 6.61 Å². The van der Waals surface area contributed by atoms with Crippen molar-refractivity contribution in [1.82, 2.24) is 5.32 Å². The van der Waals surface area contributed by atoms with E-state index in [-0.39, 0.29) is 18.0 Å². The van der Waals surface area contributed by atoms with Gasteiger partial charge in [-0.1, -0.05) is 18.2 Å². The normalized spacial score (nSPS) is 30.5. The molecule has 2 unspecified atom stereocenters. The molecule has 0 radical (unpaired) electrons. The minimum Gasteiger partial charge on any atom is -0.490 e. The topological polar surface area (TPSA) is 50.7 Å². The molecule has 0 aromatic heterocycles. The van der Waals surface area contributed by atoms with Crippen LogP contribution in [0.25, 0.3) is 0 Å². The molecule has 2 aromatic carbocycles. The molecule has 0 aliphatic heterocycles. The smallest absolute Gasteiger partial charge is 0.175 e. The van der Waals surface area contributed by atoms with Crippen LogP contribution in [0.1, 0.15) is 56.6 Å². The van der Waals surface area contributed by atoms with Crippen LogP contribution < -0.4 is 14.8 Å². The average Bonchev–Trinajstić information content (AvgIpc) is 2.71. The lowest BCUT2D eigenvalue weighted by molar-refractivity contribution is -0.142. The molecule has 4 aliphatic carbocycles. The van der Waals surface area contributed by atoms with E-state index in [0.717, 1.165) is 42.1 Å². The van der Waals surface area contributed by atoms with E-state index in [2.05, 4.69) is 21.2 Å². The van der Waals surface area contributed by atoms with Gasteiger partial charge in [0.05, 0.1) is 16.7 Å². The van der Waals surface area contributed by atoms with E-state index in [1.807, 2.05) is 19.1 Å². The Morgan fingerprint density at radius 3 is 2.56 bits per heavy atom. The molecule has 0 heterocycles. The molecule has 6 heteroatoms. The molecule has 0 amide bonds. The molecule has 0 spiro atoms. The number of hydrogen-bond donors (Lipinski definition) is 2. The minimum atomic E-state index is -0.474. The van der Waals surface area contributed by atoms with Crippen LogP contribution in [-0.4, -0.2) is 22.9 Å². The summed E-state index contributed by atoms with van der Waals surface area (Å²) in [5.74, 6) is 2.25. The van der Waals surface area contributed by atoms with Crippen molar-refractivity contribution in [2.45, 2.75) is 69.7 Å². The highest BCUT2D eigenvalue weighted by atomic mass is 79.9. The predicted octanol–water partition coefficient (Wildman–Crippen LogP) is 5.74. The van der Waals surface area contributed by atoms with E-state index < -0.39 is 5.60 Å². The maximum absolute atomic E-state index is 14.0. The summed E-state index contributed by atoms with van der Waals surface area (Å²) in [5.41, 5.74) is 1.17. The van der Waals surface area contributed by atoms with E-state index in [9.17, 15) is 9.50 Å². The molecule has 2 N–H and O–H groups in total. The molecule has 4 bridgehead atoms. The summed E-state index contributed by atoms with van der Waals surface area (Å²) in [6.45, 7) is 3.30. The molecule has 0 saturated heterocycles. The molecule has 2 atom stereocenters. The van der Waals surface area contributed by atoms with Gasteiger partial charge in [-0.05, 0) is 97.0 Å². The van der Waals surface area contributed by atoms with Gasteiger partial charge in [0.2, 0.25) is 0 Å². The molecular weight excluding hydrogens is 473 g/mol. The van der Waals surface area contributed by atoms with Crippen LogP contribution in [0.5, 0.6) is 11.5 Å².